The standard InChI is InChI=1S/C16H14BrN3/c17-12-5-3-11(4-6-12)10-20-15-8-7-14-13(16(15)18)2-1-9-19-14/h1-9,20H,10,18H2. The van der Waals surface area contributed by atoms with Gasteiger partial charge >= 0.3 is 0 Å². The van der Waals surface area contributed by atoms with Gasteiger partial charge in [0.2, 0.25) is 0 Å². The summed E-state index contributed by atoms with van der Waals surface area (Å²) in [4.78, 5) is 4.30. The van der Waals surface area contributed by atoms with E-state index in [1.807, 2.05) is 36.4 Å². The number of nitrogens with zero attached hydrogens (tertiary/aromatic N) is 1. The predicted molar refractivity (Wildman–Crippen MR) is 87.6 cm³/mol. The molecule has 4 heteroatoms. The van der Waals surface area contributed by atoms with Crippen LogP contribution >= 0.6 is 15.9 Å². The van der Waals surface area contributed by atoms with Crippen LogP contribution in [-0.4, -0.2) is 4.98 Å². The molecule has 2 aromatic carbocycles. The number of hydrogen-bond donors (Lipinski definition) is 2. The van der Waals surface area contributed by atoms with Gasteiger partial charge in [0, 0.05) is 22.6 Å². The van der Waals surface area contributed by atoms with Gasteiger partial charge in [0.15, 0.2) is 0 Å². The van der Waals surface area contributed by atoms with Crippen LogP contribution in [0.4, 0.5) is 11.4 Å². The topological polar surface area (TPSA) is 50.9 Å². The number of pyridine rings is 1. The number of hydrogen-bond acceptors (Lipinski definition) is 3. The lowest BCUT2D eigenvalue weighted by Crippen LogP contribution is -2.03. The Balaban J connectivity index is 1.84. The minimum atomic E-state index is 0.739. The van der Waals surface area contributed by atoms with Crippen LogP contribution in [0.15, 0.2) is 59.2 Å². The molecule has 1 heterocycles. The number of aromatic nitrogens is 1. The van der Waals surface area contributed by atoms with Crippen LogP contribution < -0.4 is 11.1 Å². The van der Waals surface area contributed by atoms with Crippen molar-refractivity contribution in [1.29, 1.82) is 0 Å². The maximum atomic E-state index is 6.20. The average Bonchev–Trinajstić information content (AvgIpc) is 2.49. The van der Waals surface area contributed by atoms with Crippen LogP contribution in [0, 0.1) is 0 Å². The quantitative estimate of drug-likeness (QED) is 0.709. The Bertz CT molecular complexity index is 738. The SMILES string of the molecule is Nc1c(NCc2ccc(Br)cc2)ccc2ncccc12. The van der Waals surface area contributed by atoms with E-state index in [1.165, 1.54) is 5.56 Å². The lowest BCUT2D eigenvalue weighted by molar-refractivity contribution is 1.15. The zero-order valence-electron chi connectivity index (χ0n) is 10.8. The largest absolute Gasteiger partial charge is 0.397 e. The number of nitrogens with one attached hydrogen (secondary N) is 1. The molecule has 0 atom stereocenters. The van der Waals surface area contributed by atoms with Crippen molar-refractivity contribution in [2.24, 2.45) is 0 Å². The lowest BCUT2D eigenvalue weighted by Gasteiger charge is -2.11. The van der Waals surface area contributed by atoms with Gasteiger partial charge < -0.3 is 11.1 Å². The molecular formula is C16H14BrN3. The van der Waals surface area contributed by atoms with E-state index in [4.69, 9.17) is 5.73 Å². The summed E-state index contributed by atoms with van der Waals surface area (Å²) in [6.45, 7) is 0.739. The van der Waals surface area contributed by atoms with Gasteiger partial charge in [-0.3, -0.25) is 4.98 Å². The number of fused-ring (bicyclic) bond motifs is 1. The first kappa shape index (κ1) is 12.9. The van der Waals surface area contributed by atoms with E-state index in [-0.39, 0.29) is 0 Å². The van der Waals surface area contributed by atoms with E-state index in [0.717, 1.165) is 33.3 Å². The monoisotopic (exact) mass is 327 g/mol. The van der Waals surface area contributed by atoms with Crippen molar-refractivity contribution >= 4 is 38.2 Å². The minimum Gasteiger partial charge on any atom is -0.397 e. The molecule has 3 rings (SSSR count). The first-order chi connectivity index (χ1) is 9.74. The number of anilines is 2. The van der Waals surface area contributed by atoms with Crippen molar-refractivity contribution < 1.29 is 0 Å². The summed E-state index contributed by atoms with van der Waals surface area (Å²) in [5, 5.41) is 4.35. The highest BCUT2D eigenvalue weighted by Crippen LogP contribution is 2.27. The second-order valence-corrected chi connectivity index (χ2v) is 5.49. The lowest BCUT2D eigenvalue weighted by atomic mass is 10.1. The van der Waals surface area contributed by atoms with E-state index in [9.17, 15) is 0 Å². The zero-order valence-corrected chi connectivity index (χ0v) is 12.4. The van der Waals surface area contributed by atoms with Crippen molar-refractivity contribution in [3.63, 3.8) is 0 Å². The molecule has 1 aromatic heterocycles. The van der Waals surface area contributed by atoms with Gasteiger partial charge in [-0.2, -0.15) is 0 Å². The van der Waals surface area contributed by atoms with Crippen molar-refractivity contribution in [2.45, 2.75) is 6.54 Å². The molecule has 0 radical (unpaired) electrons. The molecule has 0 aliphatic rings. The van der Waals surface area contributed by atoms with Crippen molar-refractivity contribution in [1.82, 2.24) is 4.98 Å². The summed E-state index contributed by atoms with van der Waals surface area (Å²) in [6, 6.07) is 16.1. The molecule has 0 spiro atoms. The predicted octanol–water partition coefficient (Wildman–Crippen LogP) is 4.19. The van der Waals surface area contributed by atoms with Crippen LogP contribution in [0.5, 0.6) is 0 Å². The average molecular weight is 328 g/mol. The summed E-state index contributed by atoms with van der Waals surface area (Å²) in [5.74, 6) is 0. The Hall–Kier alpha value is -2.07. The molecule has 20 heavy (non-hydrogen) atoms. The highest BCUT2D eigenvalue weighted by molar-refractivity contribution is 9.10. The van der Waals surface area contributed by atoms with Gasteiger partial charge in [0.25, 0.3) is 0 Å². The molecule has 0 aliphatic carbocycles. The fraction of sp³-hybridized carbons (Fsp3) is 0.0625. The number of halogens is 1. The minimum absolute atomic E-state index is 0.739. The normalized spacial score (nSPS) is 10.7. The van der Waals surface area contributed by atoms with Gasteiger partial charge in [-0.25, -0.2) is 0 Å². The molecule has 100 valence electrons. The fourth-order valence-corrected chi connectivity index (χ4v) is 2.39. The van der Waals surface area contributed by atoms with Crippen LogP contribution in [0.3, 0.4) is 0 Å². The Morgan fingerprint density at radius 3 is 2.65 bits per heavy atom. The Labute approximate surface area is 126 Å². The molecule has 3 N–H and O–H groups in total. The molecule has 0 amide bonds. The van der Waals surface area contributed by atoms with Crippen LogP contribution in [0.25, 0.3) is 10.9 Å². The number of benzene rings is 2. The molecule has 0 unspecified atom stereocenters. The maximum absolute atomic E-state index is 6.20. The molecule has 3 nitrogen and oxygen atoms in total. The number of nitrogens with two attached hydrogens (primary N) is 1. The third-order valence-electron chi connectivity index (χ3n) is 3.22. The summed E-state index contributed by atoms with van der Waals surface area (Å²) in [5.41, 5.74) is 10.0. The Morgan fingerprint density at radius 1 is 1.05 bits per heavy atom. The number of nitrogen functional groups attached to an aromatic ring is 1. The Kier molecular flexibility index (Phi) is 3.56. The second kappa shape index (κ2) is 5.51. The van der Waals surface area contributed by atoms with Gasteiger partial charge in [0.05, 0.1) is 16.9 Å². The van der Waals surface area contributed by atoms with E-state index in [2.05, 4.69) is 38.4 Å². The Morgan fingerprint density at radius 2 is 1.85 bits per heavy atom. The van der Waals surface area contributed by atoms with E-state index in [0.29, 0.717) is 0 Å². The van der Waals surface area contributed by atoms with Crippen molar-refractivity contribution in [3.05, 3.63) is 64.8 Å². The fourth-order valence-electron chi connectivity index (χ4n) is 2.13. The molecular weight excluding hydrogens is 314 g/mol. The third kappa shape index (κ3) is 2.60. The van der Waals surface area contributed by atoms with E-state index in [1.54, 1.807) is 6.20 Å². The van der Waals surface area contributed by atoms with E-state index >= 15 is 0 Å². The molecule has 0 bridgehead atoms. The van der Waals surface area contributed by atoms with Gasteiger partial charge in [-0.05, 0) is 42.0 Å². The van der Waals surface area contributed by atoms with Gasteiger partial charge in [-0.15, -0.1) is 0 Å². The summed E-state index contributed by atoms with van der Waals surface area (Å²) in [7, 11) is 0. The highest BCUT2D eigenvalue weighted by Gasteiger charge is 2.04. The van der Waals surface area contributed by atoms with Crippen molar-refractivity contribution in [2.75, 3.05) is 11.1 Å². The summed E-state index contributed by atoms with van der Waals surface area (Å²) >= 11 is 3.43. The van der Waals surface area contributed by atoms with Crippen LogP contribution in [-0.2, 0) is 6.54 Å². The summed E-state index contributed by atoms with van der Waals surface area (Å²) < 4.78 is 1.08. The number of rotatable bonds is 3. The molecule has 0 fully saturated rings. The zero-order chi connectivity index (χ0) is 13.9. The van der Waals surface area contributed by atoms with Gasteiger partial charge in [0.1, 0.15) is 0 Å². The maximum Gasteiger partial charge on any atom is 0.0724 e. The second-order valence-electron chi connectivity index (χ2n) is 4.58. The van der Waals surface area contributed by atoms with Gasteiger partial charge in [-0.1, -0.05) is 28.1 Å². The van der Waals surface area contributed by atoms with Crippen LogP contribution in [0.2, 0.25) is 0 Å². The molecule has 3 aromatic rings. The smallest absolute Gasteiger partial charge is 0.0724 e. The highest BCUT2D eigenvalue weighted by atomic mass is 79.9. The van der Waals surface area contributed by atoms with Crippen LogP contribution in [0.1, 0.15) is 5.56 Å². The summed E-state index contributed by atoms with van der Waals surface area (Å²) in [6.07, 6.45) is 1.77. The molecule has 0 saturated carbocycles. The first-order valence-electron chi connectivity index (χ1n) is 6.35. The first-order valence-corrected chi connectivity index (χ1v) is 7.15. The third-order valence-corrected chi connectivity index (χ3v) is 3.75. The van der Waals surface area contributed by atoms with Crippen molar-refractivity contribution in [3.8, 4) is 0 Å². The van der Waals surface area contributed by atoms with E-state index < -0.39 is 0 Å². The molecule has 0 saturated heterocycles. The molecule has 0 aliphatic heterocycles.